The first-order valence-corrected chi connectivity index (χ1v) is 13.9. The highest BCUT2D eigenvalue weighted by Gasteiger charge is 2.62. The van der Waals surface area contributed by atoms with E-state index in [9.17, 15) is 19.5 Å². The zero-order valence-corrected chi connectivity index (χ0v) is 22.8. The number of aliphatic hydroxyl groups excluding tert-OH is 1. The third-order valence-corrected chi connectivity index (χ3v) is 8.10. The smallest absolute Gasteiger partial charge is 0.332 e. The average Bonchev–Trinajstić information content (AvgIpc) is 3.27. The third kappa shape index (κ3) is 5.17. The van der Waals surface area contributed by atoms with Crippen LogP contribution in [0.2, 0.25) is 0 Å². The number of carbonyl (C=O) groups excluding carboxylic acids is 3. The Hall–Kier alpha value is -3.87. The number of amides is 2. The summed E-state index contributed by atoms with van der Waals surface area (Å²) < 4.78 is 11.5. The van der Waals surface area contributed by atoms with Crippen molar-refractivity contribution in [1.82, 2.24) is 20.2 Å². The monoisotopic (exact) mass is 565 g/mol. The summed E-state index contributed by atoms with van der Waals surface area (Å²) in [5.41, 5.74) is 6.53. The number of benzene rings is 1. The highest BCUT2D eigenvalue weighted by atomic mass is 32.1. The molecule has 1 aliphatic heterocycles. The van der Waals surface area contributed by atoms with Crippen LogP contribution in [0.15, 0.2) is 54.4 Å². The van der Waals surface area contributed by atoms with E-state index in [0.29, 0.717) is 23.1 Å². The van der Waals surface area contributed by atoms with Gasteiger partial charge in [0.25, 0.3) is 0 Å². The molecule has 2 aliphatic rings. The zero-order valence-electron chi connectivity index (χ0n) is 22.0. The topological polar surface area (TPSA) is 157 Å². The number of nitrogens with zero attached hydrogens (tertiary/aromatic N) is 3. The number of likely N-dealkylation sites (tertiary alicyclic amines) is 1. The first-order valence-electron chi connectivity index (χ1n) is 13.1. The zero-order chi connectivity index (χ0) is 28.4. The number of carbonyl (C=O) groups is 3. The van der Waals surface area contributed by atoms with Crippen LogP contribution >= 0.6 is 11.3 Å². The van der Waals surface area contributed by atoms with Gasteiger partial charge in [0.2, 0.25) is 17.7 Å². The van der Waals surface area contributed by atoms with Gasteiger partial charge in [-0.25, -0.2) is 14.8 Å². The Kier molecular flexibility index (Phi) is 7.83. The lowest BCUT2D eigenvalue weighted by atomic mass is 10.1. The second kappa shape index (κ2) is 11.3. The van der Waals surface area contributed by atoms with Crippen molar-refractivity contribution in [3.63, 3.8) is 0 Å². The van der Waals surface area contributed by atoms with Gasteiger partial charge in [-0.2, -0.15) is 0 Å². The Balaban J connectivity index is 1.43. The van der Waals surface area contributed by atoms with Crippen LogP contribution in [0.3, 0.4) is 0 Å². The molecule has 4 N–H and O–H groups in total. The summed E-state index contributed by atoms with van der Waals surface area (Å²) in [4.78, 5) is 51.1. The van der Waals surface area contributed by atoms with Gasteiger partial charge in [0.05, 0.1) is 35.7 Å². The number of nitrogens with one attached hydrogen (secondary N) is 1. The van der Waals surface area contributed by atoms with Gasteiger partial charge in [-0.1, -0.05) is 24.3 Å². The van der Waals surface area contributed by atoms with Gasteiger partial charge in [-0.15, -0.1) is 17.9 Å². The molecule has 11 nitrogen and oxygen atoms in total. The maximum absolute atomic E-state index is 13.6. The van der Waals surface area contributed by atoms with Gasteiger partial charge in [-0.3, -0.25) is 9.59 Å². The number of rotatable bonds is 10. The van der Waals surface area contributed by atoms with Crippen molar-refractivity contribution >= 4 is 40.2 Å². The van der Waals surface area contributed by atoms with Gasteiger partial charge in [0, 0.05) is 12.3 Å². The molecule has 1 saturated carbocycles. The summed E-state index contributed by atoms with van der Waals surface area (Å²) in [6.45, 7) is 5.05. The van der Waals surface area contributed by atoms with E-state index >= 15 is 0 Å². The van der Waals surface area contributed by atoms with E-state index in [1.807, 2.05) is 41.8 Å². The number of esters is 1. The largest absolute Gasteiger partial charge is 0.471 e. The predicted octanol–water partition coefficient (Wildman–Crippen LogP) is 1.65. The molecular formula is C28H31N5O6S. The number of hydrogen-bond acceptors (Lipinski definition) is 10. The van der Waals surface area contributed by atoms with Crippen molar-refractivity contribution in [1.29, 1.82) is 0 Å². The number of ether oxygens (including phenoxy) is 2. The molecule has 0 radical (unpaired) electrons. The molecule has 0 bridgehead atoms. The molecule has 40 heavy (non-hydrogen) atoms. The minimum Gasteiger partial charge on any atom is -0.471 e. The molecule has 0 spiro atoms. The second-order valence-electron chi connectivity index (χ2n) is 9.84. The van der Waals surface area contributed by atoms with Gasteiger partial charge < -0.3 is 30.5 Å². The number of hydrogen-bond donors (Lipinski definition) is 3. The molecule has 5 atom stereocenters. The van der Waals surface area contributed by atoms with Crippen molar-refractivity contribution in [2.24, 2.45) is 11.7 Å². The molecule has 2 amide bonds. The first kappa shape index (κ1) is 27.7. The molecular weight excluding hydrogens is 534 g/mol. The summed E-state index contributed by atoms with van der Waals surface area (Å²) in [7, 11) is 0. The fourth-order valence-corrected chi connectivity index (χ4v) is 5.73. The number of fused-ring (bicyclic) bond motifs is 1. The minimum absolute atomic E-state index is 0.0281. The van der Waals surface area contributed by atoms with Gasteiger partial charge in [-0.05, 0) is 36.9 Å². The number of aromatic nitrogens is 2. The van der Waals surface area contributed by atoms with E-state index in [1.165, 1.54) is 16.2 Å². The van der Waals surface area contributed by atoms with E-state index in [2.05, 4.69) is 11.9 Å². The van der Waals surface area contributed by atoms with Crippen LogP contribution < -0.4 is 15.8 Å². The Labute approximate surface area is 235 Å². The molecule has 3 heterocycles. The molecule has 2 fully saturated rings. The Morgan fingerprint density at radius 1 is 1.27 bits per heavy atom. The lowest BCUT2D eigenvalue weighted by molar-refractivity contribution is -0.150. The molecule has 2 aromatic heterocycles. The number of nitrogens with two attached hydrogens (primary N) is 1. The van der Waals surface area contributed by atoms with E-state index < -0.39 is 48.1 Å². The molecule has 0 unspecified atom stereocenters. The van der Waals surface area contributed by atoms with Crippen LogP contribution in [-0.2, 0) is 19.1 Å². The summed E-state index contributed by atoms with van der Waals surface area (Å²) in [6.07, 6.45) is 1.44. The number of aliphatic hydroxyl groups is 1. The van der Waals surface area contributed by atoms with E-state index in [1.54, 1.807) is 13.0 Å². The van der Waals surface area contributed by atoms with Crippen LogP contribution in [0, 0.1) is 5.92 Å². The molecule has 1 saturated heterocycles. The number of para-hydroxylation sites is 2. The van der Waals surface area contributed by atoms with Crippen LogP contribution in [0.1, 0.15) is 19.8 Å². The molecule has 12 heteroatoms. The van der Waals surface area contributed by atoms with Gasteiger partial charge in [0.15, 0.2) is 0 Å². The molecule has 5 rings (SSSR count). The highest BCUT2D eigenvalue weighted by molar-refractivity contribution is 7.13. The van der Waals surface area contributed by atoms with Crippen LogP contribution in [0.5, 0.6) is 5.88 Å². The molecule has 210 valence electrons. The molecule has 1 aliphatic carbocycles. The lowest BCUT2D eigenvalue weighted by Crippen LogP contribution is -2.56. The van der Waals surface area contributed by atoms with E-state index in [4.69, 9.17) is 25.2 Å². The van der Waals surface area contributed by atoms with Crippen molar-refractivity contribution in [3.05, 3.63) is 54.4 Å². The van der Waals surface area contributed by atoms with E-state index in [-0.39, 0.29) is 31.4 Å². The fraction of sp³-hybridized carbons (Fsp3) is 0.393. The summed E-state index contributed by atoms with van der Waals surface area (Å²) >= 11 is 1.49. The Bertz CT molecular complexity index is 1430. The summed E-state index contributed by atoms with van der Waals surface area (Å²) in [6, 6.07) is 9.04. The normalized spacial score (nSPS) is 24.4. The van der Waals surface area contributed by atoms with Gasteiger partial charge in [0.1, 0.15) is 29.4 Å². The number of thiophene rings is 1. The average molecular weight is 566 g/mol. The van der Waals surface area contributed by atoms with Gasteiger partial charge >= 0.3 is 5.97 Å². The summed E-state index contributed by atoms with van der Waals surface area (Å²) in [5, 5.41) is 14.3. The maximum Gasteiger partial charge on any atom is 0.332 e. The third-order valence-electron chi connectivity index (χ3n) is 7.22. The van der Waals surface area contributed by atoms with Crippen LogP contribution in [0.25, 0.3) is 21.6 Å². The van der Waals surface area contributed by atoms with E-state index in [0.717, 1.165) is 4.88 Å². The quantitative estimate of drug-likeness (QED) is 0.246. The van der Waals surface area contributed by atoms with Crippen LogP contribution in [-0.4, -0.2) is 81.2 Å². The first-order chi connectivity index (χ1) is 19.3. The SMILES string of the molecule is C=C[C@@H]1C[C@]1(NC(=O)[C@@H]1C[C@@H](Oc2nc3ccccc3nc2-c2cccs2)CN1C(=O)[C@@H](N)CO)C(=O)OCC. The summed E-state index contributed by atoms with van der Waals surface area (Å²) in [5.74, 6) is -1.68. The second-order valence-corrected chi connectivity index (χ2v) is 10.8. The standard InChI is InChI=1S/C28H31N5O6S/c1-3-16-13-28(16,27(37)38-4-2)32-24(35)21-12-17(14-33(21)26(36)18(29)15-34)39-25-23(22-10-7-11-40-22)30-19-8-5-6-9-20(19)31-25/h3,5-11,16-18,21,34H,1,4,12-15,29H2,2H3,(H,32,35)/t16-,17-,18+,21+,28-/m1/s1. The lowest BCUT2D eigenvalue weighted by Gasteiger charge is -2.27. The Morgan fingerprint density at radius 2 is 2.02 bits per heavy atom. The van der Waals surface area contributed by atoms with Crippen molar-refractivity contribution < 1.29 is 29.0 Å². The van der Waals surface area contributed by atoms with Crippen LogP contribution in [0.4, 0.5) is 0 Å². The maximum atomic E-state index is 13.6. The highest BCUT2D eigenvalue weighted by Crippen LogP contribution is 2.45. The Morgan fingerprint density at radius 3 is 2.65 bits per heavy atom. The fourth-order valence-electron chi connectivity index (χ4n) is 5.03. The predicted molar refractivity (Wildman–Crippen MR) is 148 cm³/mol. The molecule has 1 aromatic carbocycles. The van der Waals surface area contributed by atoms with Crippen molar-refractivity contribution in [3.8, 4) is 16.5 Å². The molecule has 3 aromatic rings. The van der Waals surface area contributed by atoms with Crippen molar-refractivity contribution in [2.75, 3.05) is 19.8 Å². The minimum atomic E-state index is -1.22. The van der Waals surface area contributed by atoms with Crippen molar-refractivity contribution in [2.45, 2.75) is 43.5 Å².